The summed E-state index contributed by atoms with van der Waals surface area (Å²) in [6, 6.07) is 9.20. The number of fused-ring (bicyclic) bond motifs is 1. The minimum atomic E-state index is -1.02. The number of thiazole rings is 1. The number of hydrogen-bond acceptors (Lipinski definition) is 5. The van der Waals surface area contributed by atoms with Gasteiger partial charge in [-0.05, 0) is 11.5 Å². The van der Waals surface area contributed by atoms with E-state index in [9.17, 15) is 4.79 Å². The number of carbonyl (C=O) groups is 1. The van der Waals surface area contributed by atoms with E-state index in [0.29, 0.717) is 12.4 Å². The first-order chi connectivity index (χ1) is 10.2. The van der Waals surface area contributed by atoms with Gasteiger partial charge < -0.3 is 10.4 Å². The molecule has 6 heteroatoms. The van der Waals surface area contributed by atoms with Crippen LogP contribution in [0.4, 0.5) is 5.82 Å². The number of hydrogen-bond donors (Lipinski definition) is 2. The van der Waals surface area contributed by atoms with E-state index in [1.165, 1.54) is 0 Å². The highest BCUT2D eigenvalue weighted by Gasteiger charge is 2.10. The van der Waals surface area contributed by atoms with Crippen molar-refractivity contribution in [2.24, 2.45) is 0 Å². The summed E-state index contributed by atoms with van der Waals surface area (Å²) in [5, 5.41) is 16.1. The lowest BCUT2D eigenvalue weighted by atomic mass is 10.1. The van der Waals surface area contributed by atoms with E-state index in [-0.39, 0.29) is 5.69 Å². The number of carboxylic acid groups (broad SMARTS) is 1. The Morgan fingerprint density at radius 1 is 1.33 bits per heavy atom. The van der Waals surface area contributed by atoms with Crippen molar-refractivity contribution in [1.82, 2.24) is 9.97 Å². The van der Waals surface area contributed by atoms with Crippen molar-refractivity contribution in [3.63, 3.8) is 0 Å². The molecule has 2 N–H and O–H groups in total. The maximum absolute atomic E-state index is 11.2. The number of aromatic carboxylic acids is 1. The van der Waals surface area contributed by atoms with Crippen molar-refractivity contribution in [1.29, 1.82) is 0 Å². The summed E-state index contributed by atoms with van der Waals surface area (Å²) in [7, 11) is 0. The molecule has 0 aliphatic carbocycles. The quantitative estimate of drug-likeness (QED) is 0.757. The predicted molar refractivity (Wildman–Crippen MR) is 83.0 cm³/mol. The minimum Gasteiger partial charge on any atom is -0.477 e. The molecule has 0 unspecified atom stereocenters. The Hall–Kier alpha value is -2.47. The van der Waals surface area contributed by atoms with Gasteiger partial charge in [-0.3, -0.25) is 0 Å². The minimum absolute atomic E-state index is 0.0462. The molecular formula is C15H13N3O2S. The van der Waals surface area contributed by atoms with Gasteiger partial charge in [0, 0.05) is 23.7 Å². The summed E-state index contributed by atoms with van der Waals surface area (Å²) >= 11 is 1.56. The zero-order chi connectivity index (χ0) is 14.7. The number of benzene rings is 1. The lowest BCUT2D eigenvalue weighted by Gasteiger charge is -2.09. The molecule has 2 aromatic heterocycles. The molecule has 0 fully saturated rings. The molecule has 3 aromatic rings. The summed E-state index contributed by atoms with van der Waals surface area (Å²) in [6.07, 6.45) is 0.775. The average molecular weight is 299 g/mol. The number of carboxylic acids is 1. The molecule has 0 radical (unpaired) electrons. The van der Waals surface area contributed by atoms with Crippen molar-refractivity contribution in [2.75, 3.05) is 11.9 Å². The molecular weight excluding hydrogens is 286 g/mol. The number of nitrogens with one attached hydrogen (secondary N) is 1. The predicted octanol–water partition coefficient (Wildman–Crippen LogP) is 3.04. The van der Waals surface area contributed by atoms with Gasteiger partial charge in [0.15, 0.2) is 5.69 Å². The van der Waals surface area contributed by atoms with E-state index in [2.05, 4.69) is 15.3 Å². The monoisotopic (exact) mass is 299 g/mol. The lowest BCUT2D eigenvalue weighted by molar-refractivity contribution is 0.0691. The molecule has 1 aromatic carbocycles. The van der Waals surface area contributed by atoms with Crippen molar-refractivity contribution in [2.45, 2.75) is 6.42 Å². The van der Waals surface area contributed by atoms with E-state index in [0.717, 1.165) is 22.9 Å². The molecule has 0 amide bonds. The van der Waals surface area contributed by atoms with Gasteiger partial charge in [-0.25, -0.2) is 14.8 Å². The van der Waals surface area contributed by atoms with E-state index < -0.39 is 5.97 Å². The highest BCUT2D eigenvalue weighted by Crippen LogP contribution is 2.22. The SMILES string of the molecule is O=C(O)c1cc2ccccc2c(NCCc2cscn2)n1. The number of pyridine rings is 1. The molecule has 3 rings (SSSR count). The van der Waals surface area contributed by atoms with E-state index in [1.807, 2.05) is 29.6 Å². The van der Waals surface area contributed by atoms with Crippen molar-refractivity contribution >= 4 is 33.9 Å². The van der Waals surface area contributed by atoms with Crippen LogP contribution >= 0.6 is 11.3 Å². The van der Waals surface area contributed by atoms with Crippen molar-refractivity contribution in [3.05, 3.63) is 52.6 Å². The van der Waals surface area contributed by atoms with Crippen LogP contribution in [0.3, 0.4) is 0 Å². The molecule has 5 nitrogen and oxygen atoms in total. The van der Waals surface area contributed by atoms with Gasteiger partial charge in [0.05, 0.1) is 11.2 Å². The molecule has 0 atom stereocenters. The normalized spacial score (nSPS) is 10.7. The van der Waals surface area contributed by atoms with Crippen molar-refractivity contribution in [3.8, 4) is 0 Å². The zero-order valence-electron chi connectivity index (χ0n) is 11.1. The van der Waals surface area contributed by atoms with Gasteiger partial charge in [0.25, 0.3) is 0 Å². The topological polar surface area (TPSA) is 75.1 Å². The number of rotatable bonds is 5. The zero-order valence-corrected chi connectivity index (χ0v) is 11.9. The second-order valence-corrected chi connectivity index (χ2v) is 5.26. The van der Waals surface area contributed by atoms with Crippen molar-refractivity contribution < 1.29 is 9.90 Å². The number of anilines is 1. The van der Waals surface area contributed by atoms with Crippen LogP contribution in [0.5, 0.6) is 0 Å². The Bertz CT molecular complexity index is 772. The molecule has 0 spiro atoms. The van der Waals surface area contributed by atoms with Crippen LogP contribution in [0.25, 0.3) is 10.8 Å². The highest BCUT2D eigenvalue weighted by atomic mass is 32.1. The standard InChI is InChI=1S/C15H13N3O2S/c19-15(20)13-7-10-3-1-2-4-12(10)14(18-13)16-6-5-11-8-21-9-17-11/h1-4,7-9H,5-6H2,(H,16,18)(H,19,20). The highest BCUT2D eigenvalue weighted by molar-refractivity contribution is 7.07. The first kappa shape index (κ1) is 13.5. The molecule has 0 aliphatic rings. The second kappa shape index (κ2) is 5.88. The van der Waals surface area contributed by atoms with Crippen LogP contribution in [0, 0.1) is 0 Å². The smallest absolute Gasteiger partial charge is 0.354 e. The van der Waals surface area contributed by atoms with Gasteiger partial charge in [0.1, 0.15) is 5.82 Å². The molecule has 0 bridgehead atoms. The van der Waals surface area contributed by atoms with Crippen LogP contribution in [-0.2, 0) is 6.42 Å². The fourth-order valence-electron chi connectivity index (χ4n) is 2.11. The maximum atomic E-state index is 11.2. The van der Waals surface area contributed by atoms with Gasteiger partial charge in [-0.15, -0.1) is 11.3 Å². The third-order valence-corrected chi connectivity index (χ3v) is 3.75. The van der Waals surface area contributed by atoms with Gasteiger partial charge in [0.2, 0.25) is 0 Å². The van der Waals surface area contributed by atoms with Crippen LogP contribution < -0.4 is 5.32 Å². The second-order valence-electron chi connectivity index (χ2n) is 4.54. The van der Waals surface area contributed by atoms with Crippen LogP contribution in [0.15, 0.2) is 41.2 Å². The van der Waals surface area contributed by atoms with Gasteiger partial charge >= 0.3 is 5.97 Å². The Balaban J connectivity index is 1.87. The fourth-order valence-corrected chi connectivity index (χ4v) is 2.71. The molecule has 2 heterocycles. The third-order valence-electron chi connectivity index (χ3n) is 3.12. The van der Waals surface area contributed by atoms with Crippen LogP contribution in [-0.4, -0.2) is 27.6 Å². The number of nitrogens with zero attached hydrogens (tertiary/aromatic N) is 2. The fraction of sp³-hybridized carbons (Fsp3) is 0.133. The summed E-state index contributed by atoms with van der Waals surface area (Å²) in [5.41, 5.74) is 2.87. The molecule has 106 valence electrons. The molecule has 0 aliphatic heterocycles. The molecule has 21 heavy (non-hydrogen) atoms. The first-order valence-electron chi connectivity index (χ1n) is 6.48. The van der Waals surface area contributed by atoms with Crippen LogP contribution in [0.2, 0.25) is 0 Å². The van der Waals surface area contributed by atoms with E-state index >= 15 is 0 Å². The van der Waals surface area contributed by atoms with Gasteiger partial charge in [-0.1, -0.05) is 24.3 Å². The summed E-state index contributed by atoms with van der Waals surface area (Å²) in [4.78, 5) is 19.6. The summed E-state index contributed by atoms with van der Waals surface area (Å²) in [5.74, 6) is -0.427. The Morgan fingerprint density at radius 3 is 2.95 bits per heavy atom. The third kappa shape index (κ3) is 3.00. The lowest BCUT2D eigenvalue weighted by Crippen LogP contribution is -2.09. The Kier molecular flexibility index (Phi) is 3.79. The Labute approximate surface area is 125 Å². The first-order valence-corrected chi connectivity index (χ1v) is 7.42. The van der Waals surface area contributed by atoms with E-state index in [4.69, 9.17) is 5.11 Å². The molecule has 0 saturated carbocycles. The Morgan fingerprint density at radius 2 is 2.19 bits per heavy atom. The van der Waals surface area contributed by atoms with Gasteiger partial charge in [-0.2, -0.15) is 0 Å². The largest absolute Gasteiger partial charge is 0.477 e. The average Bonchev–Trinajstić information content (AvgIpc) is 3.00. The maximum Gasteiger partial charge on any atom is 0.354 e. The summed E-state index contributed by atoms with van der Waals surface area (Å²) < 4.78 is 0. The summed E-state index contributed by atoms with van der Waals surface area (Å²) in [6.45, 7) is 0.657. The molecule has 0 saturated heterocycles. The van der Waals surface area contributed by atoms with Crippen LogP contribution in [0.1, 0.15) is 16.2 Å². The number of aromatic nitrogens is 2. The van der Waals surface area contributed by atoms with E-state index in [1.54, 1.807) is 22.9 Å².